The van der Waals surface area contributed by atoms with Crippen molar-refractivity contribution in [3.8, 4) is 0 Å². The van der Waals surface area contributed by atoms with Crippen molar-refractivity contribution < 1.29 is 19.1 Å². The Hall–Kier alpha value is -1.10. The summed E-state index contributed by atoms with van der Waals surface area (Å²) in [4.78, 5) is 27.1. The molecule has 0 aliphatic heterocycles. The molecule has 0 heterocycles. The molecular weight excluding hydrogens is 342 g/mol. The first-order chi connectivity index (χ1) is 12.6. The Morgan fingerprint density at radius 2 is 1.63 bits per heavy atom. The van der Waals surface area contributed by atoms with Crippen LogP contribution in [0.3, 0.4) is 0 Å². The van der Waals surface area contributed by atoms with E-state index >= 15 is 0 Å². The predicted molar refractivity (Wildman–Crippen MR) is 109 cm³/mol. The SMILES string of the molecule is CCC(C)(CCCC(C)(C)C(=O)OCCN(C)C)C(=O)OC1CCCCC1. The third-order valence-electron chi connectivity index (χ3n) is 5.95. The summed E-state index contributed by atoms with van der Waals surface area (Å²) in [6, 6.07) is 0. The van der Waals surface area contributed by atoms with Crippen LogP contribution in [0.5, 0.6) is 0 Å². The molecule has 158 valence electrons. The fourth-order valence-corrected chi connectivity index (χ4v) is 3.44. The van der Waals surface area contributed by atoms with E-state index in [0.717, 1.165) is 51.5 Å². The van der Waals surface area contributed by atoms with Crippen molar-refractivity contribution >= 4 is 11.9 Å². The first-order valence-corrected chi connectivity index (χ1v) is 10.6. The van der Waals surface area contributed by atoms with E-state index in [1.54, 1.807) is 0 Å². The van der Waals surface area contributed by atoms with E-state index in [2.05, 4.69) is 0 Å². The summed E-state index contributed by atoms with van der Waals surface area (Å²) >= 11 is 0. The van der Waals surface area contributed by atoms with Gasteiger partial charge in [0.2, 0.25) is 0 Å². The quantitative estimate of drug-likeness (QED) is 0.489. The van der Waals surface area contributed by atoms with E-state index in [4.69, 9.17) is 9.47 Å². The molecule has 0 aromatic carbocycles. The second kappa shape index (κ2) is 11.0. The van der Waals surface area contributed by atoms with E-state index in [1.807, 2.05) is 46.7 Å². The molecule has 1 fully saturated rings. The zero-order valence-corrected chi connectivity index (χ0v) is 18.4. The Morgan fingerprint density at radius 3 is 2.19 bits per heavy atom. The number of hydrogen-bond acceptors (Lipinski definition) is 5. The molecule has 27 heavy (non-hydrogen) atoms. The Morgan fingerprint density at radius 1 is 1.00 bits per heavy atom. The van der Waals surface area contributed by atoms with Crippen molar-refractivity contribution in [1.29, 1.82) is 0 Å². The maximum Gasteiger partial charge on any atom is 0.312 e. The van der Waals surface area contributed by atoms with Crippen molar-refractivity contribution in [2.45, 2.75) is 91.6 Å². The van der Waals surface area contributed by atoms with Crippen LogP contribution in [0, 0.1) is 10.8 Å². The molecular formula is C22H41NO4. The maximum absolute atomic E-state index is 12.7. The van der Waals surface area contributed by atoms with Crippen molar-refractivity contribution in [3.63, 3.8) is 0 Å². The van der Waals surface area contributed by atoms with Crippen molar-refractivity contribution in [2.75, 3.05) is 27.2 Å². The second-order valence-corrected chi connectivity index (χ2v) is 9.26. The van der Waals surface area contributed by atoms with Gasteiger partial charge in [0.1, 0.15) is 12.7 Å². The number of esters is 2. The zero-order valence-electron chi connectivity index (χ0n) is 18.4. The summed E-state index contributed by atoms with van der Waals surface area (Å²) < 4.78 is 11.2. The third-order valence-corrected chi connectivity index (χ3v) is 5.95. The van der Waals surface area contributed by atoms with E-state index in [0.29, 0.717) is 13.0 Å². The molecule has 0 spiro atoms. The van der Waals surface area contributed by atoms with Gasteiger partial charge in [-0.15, -0.1) is 0 Å². The van der Waals surface area contributed by atoms with E-state index in [9.17, 15) is 9.59 Å². The first-order valence-electron chi connectivity index (χ1n) is 10.6. The highest BCUT2D eigenvalue weighted by atomic mass is 16.5. The van der Waals surface area contributed by atoms with Gasteiger partial charge < -0.3 is 14.4 Å². The van der Waals surface area contributed by atoms with Crippen LogP contribution >= 0.6 is 0 Å². The van der Waals surface area contributed by atoms with E-state index < -0.39 is 10.8 Å². The van der Waals surface area contributed by atoms with Gasteiger partial charge in [0.25, 0.3) is 0 Å². The topological polar surface area (TPSA) is 55.8 Å². The van der Waals surface area contributed by atoms with Gasteiger partial charge in [-0.2, -0.15) is 0 Å². The van der Waals surface area contributed by atoms with Crippen LogP contribution < -0.4 is 0 Å². The van der Waals surface area contributed by atoms with Gasteiger partial charge in [-0.3, -0.25) is 9.59 Å². The normalized spacial score (nSPS) is 18.2. The van der Waals surface area contributed by atoms with Crippen LogP contribution in [-0.2, 0) is 19.1 Å². The largest absolute Gasteiger partial charge is 0.464 e. The summed E-state index contributed by atoms with van der Waals surface area (Å²) in [6.45, 7) is 9.03. The number of hydrogen-bond donors (Lipinski definition) is 0. The van der Waals surface area contributed by atoms with Crippen LogP contribution in [0.25, 0.3) is 0 Å². The summed E-state index contributed by atoms with van der Waals surface area (Å²) in [5, 5.41) is 0. The van der Waals surface area contributed by atoms with Gasteiger partial charge in [0.05, 0.1) is 10.8 Å². The molecule has 5 nitrogen and oxygen atoms in total. The highest BCUT2D eigenvalue weighted by Gasteiger charge is 2.36. The first kappa shape index (κ1) is 23.9. The lowest BCUT2D eigenvalue weighted by molar-refractivity contribution is -0.163. The number of likely N-dealkylation sites (N-methyl/N-ethyl adjacent to an activating group) is 1. The van der Waals surface area contributed by atoms with Crippen LogP contribution in [0.1, 0.15) is 85.5 Å². The number of carbonyl (C=O) groups excluding carboxylic acids is 2. The van der Waals surface area contributed by atoms with Gasteiger partial charge >= 0.3 is 11.9 Å². The lowest BCUT2D eigenvalue weighted by atomic mass is 9.78. The average Bonchev–Trinajstić information content (AvgIpc) is 2.61. The zero-order chi connectivity index (χ0) is 20.5. The van der Waals surface area contributed by atoms with Gasteiger partial charge in [-0.25, -0.2) is 0 Å². The Labute approximate surface area is 166 Å². The highest BCUT2D eigenvalue weighted by molar-refractivity contribution is 5.77. The van der Waals surface area contributed by atoms with Gasteiger partial charge in [-0.1, -0.05) is 19.8 Å². The monoisotopic (exact) mass is 383 g/mol. The van der Waals surface area contributed by atoms with Crippen LogP contribution in [-0.4, -0.2) is 50.2 Å². The molecule has 5 heteroatoms. The molecule has 1 unspecified atom stereocenters. The lowest BCUT2D eigenvalue weighted by Gasteiger charge is -2.31. The number of ether oxygens (including phenoxy) is 2. The fourth-order valence-electron chi connectivity index (χ4n) is 3.44. The van der Waals surface area contributed by atoms with Gasteiger partial charge in [0, 0.05) is 6.54 Å². The van der Waals surface area contributed by atoms with Crippen molar-refractivity contribution in [3.05, 3.63) is 0 Å². The van der Waals surface area contributed by atoms with Gasteiger partial charge in [-0.05, 0) is 79.8 Å². The minimum atomic E-state index is -0.533. The minimum absolute atomic E-state index is 0.0664. The number of nitrogens with zero attached hydrogens (tertiary/aromatic N) is 1. The predicted octanol–water partition coefficient (Wildman–Crippen LogP) is 4.58. The van der Waals surface area contributed by atoms with E-state index in [1.165, 1.54) is 6.42 Å². The van der Waals surface area contributed by atoms with Crippen LogP contribution in [0.15, 0.2) is 0 Å². The molecule has 1 saturated carbocycles. The molecule has 0 saturated heterocycles. The van der Waals surface area contributed by atoms with Crippen LogP contribution in [0.4, 0.5) is 0 Å². The van der Waals surface area contributed by atoms with Crippen LogP contribution in [0.2, 0.25) is 0 Å². The molecule has 0 aromatic rings. The summed E-state index contributed by atoms with van der Waals surface area (Å²) in [5.41, 5.74) is -1.00. The molecule has 1 rings (SSSR count). The molecule has 0 N–H and O–H groups in total. The number of rotatable bonds is 11. The standard InChI is InChI=1S/C22H41NO4/c1-7-22(4,20(25)27-18-12-9-8-10-13-18)15-11-14-21(2,3)19(24)26-17-16-23(5)6/h18H,7-17H2,1-6H3. The van der Waals surface area contributed by atoms with Crippen molar-refractivity contribution in [1.82, 2.24) is 4.90 Å². The second-order valence-electron chi connectivity index (χ2n) is 9.26. The third kappa shape index (κ3) is 8.20. The van der Waals surface area contributed by atoms with Crippen molar-refractivity contribution in [2.24, 2.45) is 10.8 Å². The Bertz CT molecular complexity index is 469. The molecule has 0 amide bonds. The summed E-state index contributed by atoms with van der Waals surface area (Å²) in [6.07, 6.45) is 8.67. The minimum Gasteiger partial charge on any atom is -0.464 e. The fraction of sp³-hybridized carbons (Fsp3) is 0.909. The summed E-state index contributed by atoms with van der Waals surface area (Å²) in [7, 11) is 3.91. The lowest BCUT2D eigenvalue weighted by Crippen LogP contribution is -2.34. The molecule has 0 aromatic heterocycles. The molecule has 1 aliphatic rings. The maximum atomic E-state index is 12.7. The number of carbonyl (C=O) groups is 2. The molecule has 0 radical (unpaired) electrons. The summed E-state index contributed by atoms with van der Waals surface area (Å²) in [5.74, 6) is -0.226. The highest BCUT2D eigenvalue weighted by Crippen LogP contribution is 2.35. The Balaban J connectivity index is 2.46. The smallest absolute Gasteiger partial charge is 0.312 e. The molecule has 0 bridgehead atoms. The Kier molecular flexibility index (Phi) is 9.78. The molecule has 1 atom stereocenters. The van der Waals surface area contributed by atoms with E-state index in [-0.39, 0.29) is 18.0 Å². The average molecular weight is 384 g/mol. The molecule has 1 aliphatic carbocycles. The van der Waals surface area contributed by atoms with Gasteiger partial charge in [0.15, 0.2) is 0 Å².